The molecule has 0 bridgehead atoms. The van der Waals surface area contributed by atoms with Gasteiger partial charge in [-0.1, -0.05) is 159 Å². The maximum absolute atomic E-state index is 6.85. The van der Waals surface area contributed by atoms with E-state index < -0.39 is 0 Å². The highest BCUT2D eigenvalue weighted by atomic mass is 32.1. The van der Waals surface area contributed by atoms with Crippen LogP contribution < -0.4 is 21.0 Å². The molecule has 1 radical (unpaired) electrons. The Morgan fingerprint density at radius 2 is 1.32 bits per heavy atom. The fourth-order valence-corrected chi connectivity index (χ4v) is 14.0. The number of nitrogens with one attached hydrogen (secondary N) is 1. The van der Waals surface area contributed by atoms with Crippen LogP contribution in [0.15, 0.2) is 152 Å². The summed E-state index contributed by atoms with van der Waals surface area (Å²) in [6.07, 6.45) is 4.46. The van der Waals surface area contributed by atoms with Crippen molar-refractivity contribution in [3.8, 4) is 33.7 Å². The number of fused-ring (bicyclic) bond motifs is 13. The number of rotatable bonds is 4. The van der Waals surface area contributed by atoms with Crippen molar-refractivity contribution in [3.63, 3.8) is 0 Å². The van der Waals surface area contributed by atoms with Gasteiger partial charge in [0.1, 0.15) is 11.5 Å². The molecule has 0 atom stereocenters. The minimum absolute atomic E-state index is 0.0540. The lowest BCUT2D eigenvalue weighted by Crippen LogP contribution is -2.37. The summed E-state index contributed by atoms with van der Waals surface area (Å²) in [4.78, 5) is 0. The van der Waals surface area contributed by atoms with Crippen molar-refractivity contribution in [2.75, 3.05) is 5.32 Å². The minimum atomic E-state index is -0.201. The molecule has 2 aromatic heterocycles. The molecule has 5 heteroatoms. The maximum atomic E-state index is 6.85. The molecule has 10 aromatic rings. The van der Waals surface area contributed by atoms with Gasteiger partial charge >= 0.3 is 0 Å². The topological polar surface area (TPSA) is 26.2 Å². The van der Waals surface area contributed by atoms with Crippen molar-refractivity contribution in [2.45, 2.75) is 96.8 Å². The van der Waals surface area contributed by atoms with E-state index in [0.717, 1.165) is 50.7 Å². The lowest BCUT2D eigenvalue weighted by molar-refractivity contribution is 0.331. The van der Waals surface area contributed by atoms with Gasteiger partial charge in [0.15, 0.2) is 7.28 Å². The molecule has 3 nitrogen and oxygen atoms in total. The van der Waals surface area contributed by atoms with Gasteiger partial charge in [-0.3, -0.25) is 0 Å². The van der Waals surface area contributed by atoms with Crippen molar-refractivity contribution in [1.29, 1.82) is 0 Å². The van der Waals surface area contributed by atoms with Crippen LogP contribution in [0.1, 0.15) is 114 Å². The highest BCUT2D eigenvalue weighted by Gasteiger charge is 2.43. The largest absolute Gasteiger partial charge is 0.456 e. The average Bonchev–Trinajstić information content (AvgIpc) is 3.96. The summed E-state index contributed by atoms with van der Waals surface area (Å²) in [5.41, 5.74) is 23.3. The Morgan fingerprint density at radius 1 is 0.611 bits per heavy atom. The molecular formula is C67H58BN2OS. The van der Waals surface area contributed by atoms with E-state index in [1.807, 2.05) is 17.4 Å². The van der Waals surface area contributed by atoms with Crippen LogP contribution in [0.2, 0.25) is 0 Å². The maximum Gasteiger partial charge on any atom is 0.197 e. The lowest BCUT2D eigenvalue weighted by atomic mass is 9.58. The van der Waals surface area contributed by atoms with E-state index in [-0.39, 0.29) is 21.7 Å². The van der Waals surface area contributed by atoms with Gasteiger partial charge in [0, 0.05) is 81.7 Å². The molecule has 0 saturated heterocycles. The molecule has 2 aliphatic carbocycles. The van der Waals surface area contributed by atoms with Crippen LogP contribution in [0.4, 0.5) is 11.4 Å². The van der Waals surface area contributed by atoms with Crippen LogP contribution in [0, 0.1) is 0 Å². The Labute approximate surface area is 428 Å². The van der Waals surface area contributed by atoms with E-state index in [1.54, 1.807) is 0 Å². The Balaban J connectivity index is 1.03. The summed E-state index contributed by atoms with van der Waals surface area (Å²) in [7, 11) is 2.45. The van der Waals surface area contributed by atoms with E-state index in [9.17, 15) is 0 Å². The SMILES string of the molecule is C=C1C=C(c2ccccc2)Oc2cc3c(cc21)[B]c1c(-c2cc4c(cc2Nc2ccc(C(C)(C)C)cc2)C(C)(C)c2cc5c(cc2-4)C(C)(C)CCC5(C)C)ccc2c4cc5sc6ccccc6c5cc4n-3c12. The van der Waals surface area contributed by atoms with E-state index in [2.05, 4.69) is 226 Å². The zero-order valence-corrected chi connectivity index (χ0v) is 43.6. The van der Waals surface area contributed by atoms with E-state index in [4.69, 9.17) is 4.74 Å². The second-order valence-electron chi connectivity index (χ2n) is 24.0. The van der Waals surface area contributed by atoms with Crippen molar-refractivity contribution < 1.29 is 4.74 Å². The summed E-state index contributed by atoms with van der Waals surface area (Å²) in [6.45, 7) is 26.2. The Bertz CT molecular complexity index is 4080. The molecule has 0 saturated carbocycles. The van der Waals surface area contributed by atoms with Crippen molar-refractivity contribution in [3.05, 3.63) is 191 Å². The summed E-state index contributed by atoms with van der Waals surface area (Å²) >= 11 is 1.88. The lowest BCUT2D eigenvalue weighted by Gasteiger charge is -2.42. The quantitative estimate of drug-likeness (QED) is 0.178. The smallest absolute Gasteiger partial charge is 0.197 e. The van der Waals surface area contributed by atoms with Gasteiger partial charge < -0.3 is 14.6 Å². The third-order valence-corrected chi connectivity index (χ3v) is 18.3. The van der Waals surface area contributed by atoms with Crippen molar-refractivity contribution in [1.82, 2.24) is 4.57 Å². The highest BCUT2D eigenvalue weighted by molar-refractivity contribution is 7.25. The molecule has 4 heterocycles. The number of benzene rings is 8. The first-order valence-electron chi connectivity index (χ1n) is 25.8. The molecule has 2 aliphatic heterocycles. The van der Waals surface area contributed by atoms with E-state index in [1.165, 1.54) is 110 Å². The van der Waals surface area contributed by atoms with Gasteiger partial charge in [-0.15, -0.1) is 11.3 Å². The third kappa shape index (κ3) is 6.29. The van der Waals surface area contributed by atoms with Crippen LogP contribution >= 0.6 is 11.3 Å². The van der Waals surface area contributed by atoms with Gasteiger partial charge in [-0.25, -0.2) is 0 Å². The Hall–Kier alpha value is -7.08. The first-order valence-corrected chi connectivity index (χ1v) is 26.6. The van der Waals surface area contributed by atoms with E-state index in [0.29, 0.717) is 0 Å². The predicted octanol–water partition coefficient (Wildman–Crippen LogP) is 16.9. The Kier molecular flexibility index (Phi) is 8.96. The van der Waals surface area contributed by atoms with Gasteiger partial charge in [-0.2, -0.15) is 0 Å². The van der Waals surface area contributed by atoms with Crippen LogP contribution in [0.5, 0.6) is 5.75 Å². The number of nitrogens with zero attached hydrogens (tertiary/aromatic N) is 1. The second kappa shape index (κ2) is 14.8. The predicted molar refractivity (Wildman–Crippen MR) is 309 cm³/mol. The monoisotopic (exact) mass is 949 g/mol. The van der Waals surface area contributed by atoms with Crippen molar-refractivity contribution in [2.24, 2.45) is 0 Å². The number of aromatic nitrogens is 1. The molecular weight excluding hydrogens is 892 g/mol. The molecule has 8 aromatic carbocycles. The average molecular weight is 950 g/mol. The van der Waals surface area contributed by atoms with Crippen LogP contribution in [0.3, 0.4) is 0 Å². The molecule has 72 heavy (non-hydrogen) atoms. The molecule has 0 fully saturated rings. The number of hydrogen-bond acceptors (Lipinski definition) is 3. The number of hydrogen-bond donors (Lipinski definition) is 1. The molecule has 351 valence electrons. The van der Waals surface area contributed by atoms with E-state index >= 15 is 0 Å². The number of anilines is 2. The number of thiophene rings is 1. The molecule has 0 spiro atoms. The van der Waals surface area contributed by atoms with Crippen LogP contribution in [0.25, 0.3) is 81.3 Å². The summed E-state index contributed by atoms with van der Waals surface area (Å²) in [5, 5.41) is 9.13. The second-order valence-corrected chi connectivity index (χ2v) is 25.1. The molecule has 14 rings (SSSR count). The van der Waals surface area contributed by atoms with Crippen LogP contribution in [-0.4, -0.2) is 11.8 Å². The molecule has 1 N–H and O–H groups in total. The first kappa shape index (κ1) is 43.7. The first-order chi connectivity index (χ1) is 34.4. The van der Waals surface area contributed by atoms with Gasteiger partial charge in [0.25, 0.3) is 0 Å². The van der Waals surface area contributed by atoms with Gasteiger partial charge in [0.05, 0.1) is 5.52 Å². The minimum Gasteiger partial charge on any atom is -0.456 e. The fraction of sp³-hybridized carbons (Fsp3) is 0.224. The zero-order chi connectivity index (χ0) is 49.4. The molecule has 4 aliphatic rings. The highest BCUT2D eigenvalue weighted by Crippen LogP contribution is 2.56. The molecule has 0 unspecified atom stereocenters. The van der Waals surface area contributed by atoms with Gasteiger partial charge in [0.2, 0.25) is 0 Å². The number of ether oxygens (including phenoxy) is 1. The van der Waals surface area contributed by atoms with Gasteiger partial charge in [-0.05, 0) is 139 Å². The summed E-state index contributed by atoms with van der Waals surface area (Å²) in [6, 6.07) is 52.8. The fourth-order valence-electron chi connectivity index (χ4n) is 12.9. The zero-order valence-electron chi connectivity index (χ0n) is 42.8. The summed E-state index contributed by atoms with van der Waals surface area (Å²) in [5.74, 6) is 1.63. The molecule has 0 amide bonds. The standard InChI is InChI=1S/C67H58BN2OS/c1-37-28-58(38-16-12-11-13-17-38)71-59-36-57-54(31-44(37)59)68-62-42(24-25-43-48-33-61-49(32-56(48)70(57)63(43)62)41-18-14-15-19-60(41)72-61)47-29-45-46-30-52-53(66(7,8)27-26-65(52,5)6)34-50(46)67(9,10)51(45)35-55(47)69-40-22-20-39(21-23-40)64(2,3)4/h11-25,28-36,69H,1,26-27H2,2-10H3. The number of allylic oxidation sites excluding steroid dienone is 2. The van der Waals surface area contributed by atoms with Crippen molar-refractivity contribution >= 4 is 94.2 Å². The Morgan fingerprint density at radius 3 is 2.08 bits per heavy atom. The van der Waals surface area contributed by atoms with Crippen LogP contribution in [-0.2, 0) is 21.7 Å². The third-order valence-electron chi connectivity index (χ3n) is 17.2. The summed E-state index contributed by atoms with van der Waals surface area (Å²) < 4.78 is 12.0. The normalized spacial score (nSPS) is 16.7.